The van der Waals surface area contributed by atoms with Crippen LogP contribution in [0.1, 0.15) is 6.42 Å². The Morgan fingerprint density at radius 2 is 1.90 bits per heavy atom. The van der Waals surface area contributed by atoms with Gasteiger partial charge in [-0.15, -0.1) is 0 Å². The number of carbonyl (C=O) groups is 1. The molecule has 7 nitrogen and oxygen atoms in total. The molecule has 2 aliphatic rings. The van der Waals surface area contributed by atoms with Gasteiger partial charge in [-0.3, -0.25) is 4.79 Å². The van der Waals surface area contributed by atoms with Crippen LogP contribution in [0.4, 0.5) is 0 Å². The summed E-state index contributed by atoms with van der Waals surface area (Å²) < 4.78 is 37.2. The first-order valence-corrected chi connectivity index (χ1v) is 8.18. The summed E-state index contributed by atoms with van der Waals surface area (Å²) in [5.74, 6) is 0.670. The minimum absolute atomic E-state index is 0.112. The maximum Gasteiger partial charge on any atom is 0.243 e. The zero-order valence-corrected chi connectivity index (χ0v) is 12.2. The molecule has 0 aliphatic carbocycles. The Labute approximate surface area is 122 Å². The fourth-order valence-corrected chi connectivity index (χ4v) is 3.77. The van der Waals surface area contributed by atoms with E-state index in [0.29, 0.717) is 44.2 Å². The SMILES string of the molecule is O=C1CN(S(=O)(=O)c2ccc3c(c2)OCCO3)CCCN1. The normalized spacial score (nSPS) is 19.7. The van der Waals surface area contributed by atoms with Crippen molar-refractivity contribution in [1.82, 2.24) is 9.62 Å². The van der Waals surface area contributed by atoms with Crippen molar-refractivity contribution < 1.29 is 22.7 Å². The molecule has 1 aromatic rings. The highest BCUT2D eigenvalue weighted by Crippen LogP contribution is 2.33. The number of sulfonamides is 1. The maximum atomic E-state index is 12.6. The standard InChI is InChI=1S/C13H16N2O5S/c16-13-9-15(5-1-4-14-13)21(17,18)10-2-3-11-12(8-10)20-7-6-19-11/h2-3,8H,1,4-7,9H2,(H,14,16). The van der Waals surface area contributed by atoms with Crippen molar-refractivity contribution in [3.8, 4) is 11.5 Å². The number of nitrogens with zero attached hydrogens (tertiary/aromatic N) is 1. The first kappa shape index (κ1) is 14.2. The van der Waals surface area contributed by atoms with Gasteiger partial charge in [-0.25, -0.2) is 8.42 Å². The van der Waals surface area contributed by atoms with Crippen LogP contribution in [0.15, 0.2) is 23.1 Å². The van der Waals surface area contributed by atoms with E-state index < -0.39 is 10.0 Å². The van der Waals surface area contributed by atoms with Crippen molar-refractivity contribution in [2.45, 2.75) is 11.3 Å². The number of fused-ring (bicyclic) bond motifs is 1. The van der Waals surface area contributed by atoms with E-state index in [1.807, 2.05) is 0 Å². The maximum absolute atomic E-state index is 12.6. The van der Waals surface area contributed by atoms with Crippen molar-refractivity contribution in [2.75, 3.05) is 32.8 Å². The van der Waals surface area contributed by atoms with Crippen LogP contribution >= 0.6 is 0 Å². The summed E-state index contributed by atoms with van der Waals surface area (Å²) in [5.41, 5.74) is 0. The zero-order valence-electron chi connectivity index (χ0n) is 11.4. The van der Waals surface area contributed by atoms with Gasteiger partial charge in [0.15, 0.2) is 11.5 Å². The van der Waals surface area contributed by atoms with Gasteiger partial charge in [0.25, 0.3) is 0 Å². The molecular weight excluding hydrogens is 296 g/mol. The highest BCUT2D eigenvalue weighted by Gasteiger charge is 2.29. The molecule has 2 heterocycles. The number of carbonyl (C=O) groups excluding carboxylic acids is 1. The van der Waals surface area contributed by atoms with Crippen molar-refractivity contribution in [3.05, 3.63) is 18.2 Å². The number of benzene rings is 1. The lowest BCUT2D eigenvalue weighted by Gasteiger charge is -2.22. The number of hydrogen-bond donors (Lipinski definition) is 1. The number of ether oxygens (including phenoxy) is 2. The van der Waals surface area contributed by atoms with Crippen LogP contribution < -0.4 is 14.8 Å². The fraction of sp³-hybridized carbons (Fsp3) is 0.462. The van der Waals surface area contributed by atoms with Gasteiger partial charge in [0.1, 0.15) is 13.2 Å². The molecule has 3 rings (SSSR count). The molecule has 8 heteroatoms. The molecule has 21 heavy (non-hydrogen) atoms. The third kappa shape index (κ3) is 2.81. The highest BCUT2D eigenvalue weighted by molar-refractivity contribution is 7.89. The lowest BCUT2D eigenvalue weighted by molar-refractivity contribution is -0.120. The topological polar surface area (TPSA) is 84.9 Å². The first-order valence-electron chi connectivity index (χ1n) is 6.74. The van der Waals surface area contributed by atoms with E-state index in [0.717, 1.165) is 0 Å². The Bertz CT molecular complexity index is 659. The van der Waals surface area contributed by atoms with E-state index in [1.165, 1.54) is 16.4 Å². The monoisotopic (exact) mass is 312 g/mol. The lowest BCUT2D eigenvalue weighted by atomic mass is 10.3. The van der Waals surface area contributed by atoms with Gasteiger partial charge >= 0.3 is 0 Å². The van der Waals surface area contributed by atoms with E-state index in [1.54, 1.807) is 6.07 Å². The Morgan fingerprint density at radius 3 is 2.71 bits per heavy atom. The van der Waals surface area contributed by atoms with Crippen LogP contribution in [-0.2, 0) is 14.8 Å². The molecule has 0 unspecified atom stereocenters. The van der Waals surface area contributed by atoms with Crippen molar-refractivity contribution in [3.63, 3.8) is 0 Å². The molecule has 0 aromatic heterocycles. The Hall–Kier alpha value is -1.80. The minimum Gasteiger partial charge on any atom is -0.486 e. The van der Waals surface area contributed by atoms with Crippen molar-refractivity contribution >= 4 is 15.9 Å². The van der Waals surface area contributed by atoms with Gasteiger partial charge < -0.3 is 14.8 Å². The van der Waals surface area contributed by atoms with Gasteiger partial charge in [0, 0.05) is 19.2 Å². The van der Waals surface area contributed by atoms with Crippen LogP contribution in [0.2, 0.25) is 0 Å². The van der Waals surface area contributed by atoms with E-state index in [2.05, 4.69) is 5.32 Å². The Morgan fingerprint density at radius 1 is 1.14 bits per heavy atom. The Kier molecular flexibility index (Phi) is 3.73. The molecule has 1 fully saturated rings. The van der Waals surface area contributed by atoms with Gasteiger partial charge in [0.2, 0.25) is 15.9 Å². The summed E-state index contributed by atoms with van der Waals surface area (Å²) in [6.45, 7) is 1.49. The molecule has 1 N–H and O–H groups in total. The quantitative estimate of drug-likeness (QED) is 0.829. The average Bonchev–Trinajstić information content (AvgIpc) is 2.72. The van der Waals surface area contributed by atoms with Crippen LogP contribution in [-0.4, -0.2) is 51.5 Å². The Balaban J connectivity index is 1.92. The smallest absolute Gasteiger partial charge is 0.243 e. The largest absolute Gasteiger partial charge is 0.486 e. The molecule has 0 spiro atoms. The van der Waals surface area contributed by atoms with E-state index in [-0.39, 0.29) is 17.3 Å². The molecule has 114 valence electrons. The van der Waals surface area contributed by atoms with Crippen LogP contribution in [0.5, 0.6) is 11.5 Å². The van der Waals surface area contributed by atoms with E-state index >= 15 is 0 Å². The van der Waals surface area contributed by atoms with Gasteiger partial charge in [-0.1, -0.05) is 0 Å². The molecule has 1 aromatic carbocycles. The third-order valence-electron chi connectivity index (χ3n) is 3.38. The van der Waals surface area contributed by atoms with Gasteiger partial charge in [-0.05, 0) is 18.6 Å². The summed E-state index contributed by atoms with van der Waals surface area (Å²) in [4.78, 5) is 11.7. The average molecular weight is 312 g/mol. The summed E-state index contributed by atoms with van der Waals surface area (Å²) >= 11 is 0. The summed E-state index contributed by atoms with van der Waals surface area (Å²) in [6, 6.07) is 4.51. The van der Waals surface area contributed by atoms with Gasteiger partial charge in [0.05, 0.1) is 11.4 Å². The zero-order chi connectivity index (χ0) is 14.9. The second-order valence-electron chi connectivity index (χ2n) is 4.85. The molecular formula is C13H16N2O5S. The summed E-state index contributed by atoms with van der Waals surface area (Å²) in [7, 11) is -3.71. The number of rotatable bonds is 2. The molecule has 0 radical (unpaired) electrons. The second-order valence-corrected chi connectivity index (χ2v) is 6.79. The molecule has 0 saturated carbocycles. The van der Waals surface area contributed by atoms with E-state index in [4.69, 9.17) is 9.47 Å². The van der Waals surface area contributed by atoms with Crippen LogP contribution in [0, 0.1) is 0 Å². The highest BCUT2D eigenvalue weighted by atomic mass is 32.2. The van der Waals surface area contributed by atoms with Crippen molar-refractivity contribution in [2.24, 2.45) is 0 Å². The molecule has 2 aliphatic heterocycles. The first-order chi connectivity index (χ1) is 10.1. The summed E-state index contributed by atoms with van der Waals surface area (Å²) in [6.07, 6.45) is 0.593. The number of amides is 1. The molecule has 0 atom stereocenters. The third-order valence-corrected chi connectivity index (χ3v) is 5.22. The van der Waals surface area contributed by atoms with Crippen LogP contribution in [0.3, 0.4) is 0 Å². The molecule has 0 bridgehead atoms. The lowest BCUT2D eigenvalue weighted by Crippen LogP contribution is -2.37. The number of hydrogen-bond acceptors (Lipinski definition) is 5. The van der Waals surface area contributed by atoms with Crippen LogP contribution in [0.25, 0.3) is 0 Å². The summed E-state index contributed by atoms with van der Waals surface area (Å²) in [5, 5.41) is 2.66. The second kappa shape index (κ2) is 5.53. The van der Waals surface area contributed by atoms with E-state index in [9.17, 15) is 13.2 Å². The number of nitrogens with one attached hydrogen (secondary N) is 1. The molecule has 1 amide bonds. The predicted octanol–water partition coefficient (Wildman–Crippen LogP) is -0.0316. The minimum atomic E-state index is -3.71. The van der Waals surface area contributed by atoms with Crippen molar-refractivity contribution in [1.29, 1.82) is 0 Å². The fourth-order valence-electron chi connectivity index (χ4n) is 2.32. The molecule has 1 saturated heterocycles. The predicted molar refractivity (Wildman–Crippen MR) is 73.8 cm³/mol. The van der Waals surface area contributed by atoms with Gasteiger partial charge in [-0.2, -0.15) is 4.31 Å².